The van der Waals surface area contributed by atoms with Crippen LogP contribution >= 0.6 is 0 Å². The second-order valence-corrected chi connectivity index (χ2v) is 4.99. The maximum absolute atomic E-state index is 10.1. The largest absolute Gasteiger partial charge is 0.394 e. The van der Waals surface area contributed by atoms with Gasteiger partial charge in [0.1, 0.15) is 11.6 Å². The molecule has 8 nitrogen and oxygen atoms in total. The normalized spacial score (nSPS) is 26.4. The molecule has 0 bridgehead atoms. The first kappa shape index (κ1) is 13.3. The Hall–Kier alpha value is -1.64. The SMILES string of the molecule is Bc1nc(N)c2nc(B)n([C@@H]3O[C@H](CO)C[C@H]3O)c2n1. The van der Waals surface area contributed by atoms with E-state index in [9.17, 15) is 5.11 Å². The van der Waals surface area contributed by atoms with Crippen LogP contribution in [0.2, 0.25) is 0 Å². The van der Waals surface area contributed by atoms with E-state index >= 15 is 0 Å². The first-order valence-corrected chi connectivity index (χ1v) is 6.44. The third kappa shape index (κ3) is 1.96. The Kier molecular flexibility index (Phi) is 3.15. The molecule has 3 rings (SSSR count). The minimum atomic E-state index is -0.722. The van der Waals surface area contributed by atoms with E-state index in [1.165, 1.54) is 0 Å². The Morgan fingerprint density at radius 2 is 2.10 bits per heavy atom. The van der Waals surface area contributed by atoms with Crippen LogP contribution in [0.5, 0.6) is 0 Å². The standard InChI is InChI=1S/C10H15B2N5O3/c11-9-15-6(13)5-7(16-9)17(10(12)14-5)8-4(19)1-3(2-18)20-8/h3-4,8,18-19H,1-2,11-12H2,(H2,13,15,16)/t3-,4+,8+/m0/s1. The predicted molar refractivity (Wildman–Crippen MR) is 77.7 cm³/mol. The van der Waals surface area contributed by atoms with Gasteiger partial charge in [-0.2, -0.15) is 0 Å². The van der Waals surface area contributed by atoms with Crippen molar-refractivity contribution in [1.29, 1.82) is 0 Å². The van der Waals surface area contributed by atoms with Crippen molar-refractivity contribution in [3.05, 3.63) is 0 Å². The molecular formula is C10H15B2N5O3. The average molecular weight is 275 g/mol. The summed E-state index contributed by atoms with van der Waals surface area (Å²) in [6, 6.07) is 0. The Morgan fingerprint density at radius 1 is 1.35 bits per heavy atom. The number of ether oxygens (including phenoxy) is 1. The fraction of sp³-hybridized carbons (Fsp3) is 0.500. The Labute approximate surface area is 116 Å². The lowest BCUT2D eigenvalue weighted by Gasteiger charge is -2.18. The monoisotopic (exact) mass is 275 g/mol. The summed E-state index contributed by atoms with van der Waals surface area (Å²) >= 11 is 0. The van der Waals surface area contributed by atoms with Crippen LogP contribution in [0.15, 0.2) is 0 Å². The first-order chi connectivity index (χ1) is 9.51. The maximum Gasteiger partial charge on any atom is 0.189 e. The highest BCUT2D eigenvalue weighted by Gasteiger charge is 2.36. The zero-order chi connectivity index (χ0) is 14.4. The molecule has 0 amide bonds. The predicted octanol–water partition coefficient (Wildman–Crippen LogP) is -4.43. The molecule has 1 saturated heterocycles. The number of aliphatic hydroxyl groups is 2. The molecule has 0 radical (unpaired) electrons. The van der Waals surface area contributed by atoms with Gasteiger partial charge in [-0.15, -0.1) is 0 Å². The minimum Gasteiger partial charge on any atom is -0.394 e. The number of hydrogen-bond donors (Lipinski definition) is 3. The van der Waals surface area contributed by atoms with E-state index in [2.05, 4.69) is 15.0 Å². The summed E-state index contributed by atoms with van der Waals surface area (Å²) in [4.78, 5) is 12.8. The van der Waals surface area contributed by atoms with Gasteiger partial charge in [-0.1, -0.05) is 0 Å². The average Bonchev–Trinajstić information content (AvgIpc) is 2.89. The smallest absolute Gasteiger partial charge is 0.189 e. The molecule has 1 fully saturated rings. The maximum atomic E-state index is 10.1. The summed E-state index contributed by atoms with van der Waals surface area (Å²) in [6.07, 6.45) is -1.35. The first-order valence-electron chi connectivity index (χ1n) is 6.44. The quantitative estimate of drug-likeness (QED) is 0.473. The lowest BCUT2D eigenvalue weighted by molar-refractivity contribution is -0.0471. The molecule has 10 heteroatoms. The molecule has 3 atom stereocenters. The molecule has 20 heavy (non-hydrogen) atoms. The van der Waals surface area contributed by atoms with Crippen molar-refractivity contribution in [3.63, 3.8) is 0 Å². The summed E-state index contributed by atoms with van der Waals surface area (Å²) in [5.74, 6) is 0.306. The number of fused-ring (bicyclic) bond motifs is 1. The highest BCUT2D eigenvalue weighted by molar-refractivity contribution is 6.31. The number of aliphatic hydroxyl groups excluding tert-OH is 2. The Bertz CT molecular complexity index is 664. The van der Waals surface area contributed by atoms with Crippen molar-refractivity contribution in [3.8, 4) is 0 Å². The van der Waals surface area contributed by atoms with Crippen LogP contribution in [0.25, 0.3) is 11.2 Å². The molecule has 4 N–H and O–H groups in total. The van der Waals surface area contributed by atoms with E-state index in [0.717, 1.165) is 0 Å². The van der Waals surface area contributed by atoms with Crippen LogP contribution in [-0.2, 0) is 4.74 Å². The molecule has 1 aliphatic rings. The number of imidazole rings is 1. The molecule has 1 aliphatic heterocycles. The third-order valence-corrected chi connectivity index (χ3v) is 3.48. The molecule has 3 heterocycles. The Balaban J connectivity index is 2.14. The molecule has 0 aromatic carbocycles. The van der Waals surface area contributed by atoms with Crippen molar-refractivity contribution in [2.24, 2.45) is 0 Å². The number of hydrogen-bond acceptors (Lipinski definition) is 7. The summed E-state index contributed by atoms with van der Waals surface area (Å²) in [5, 5.41) is 19.3. The van der Waals surface area contributed by atoms with Gasteiger partial charge in [0.05, 0.1) is 24.2 Å². The van der Waals surface area contributed by atoms with Crippen molar-refractivity contribution in [2.45, 2.75) is 24.9 Å². The highest BCUT2D eigenvalue weighted by atomic mass is 16.5. The van der Waals surface area contributed by atoms with E-state index < -0.39 is 12.3 Å². The van der Waals surface area contributed by atoms with Gasteiger partial charge in [0.15, 0.2) is 33.4 Å². The van der Waals surface area contributed by atoms with Gasteiger partial charge < -0.3 is 20.7 Å². The van der Waals surface area contributed by atoms with Gasteiger partial charge in [0, 0.05) is 6.42 Å². The zero-order valence-corrected chi connectivity index (χ0v) is 11.3. The second-order valence-electron chi connectivity index (χ2n) is 4.99. The van der Waals surface area contributed by atoms with Gasteiger partial charge in [-0.05, 0) is 0 Å². The van der Waals surface area contributed by atoms with Gasteiger partial charge in [0.25, 0.3) is 0 Å². The summed E-state index contributed by atoms with van der Waals surface area (Å²) in [5.41, 5.74) is 8.05. The minimum absolute atomic E-state index is 0.130. The van der Waals surface area contributed by atoms with Gasteiger partial charge in [-0.3, -0.25) is 4.57 Å². The van der Waals surface area contributed by atoms with E-state index in [-0.39, 0.29) is 12.7 Å². The fourth-order valence-electron chi connectivity index (χ4n) is 2.60. The molecule has 104 valence electrons. The Morgan fingerprint density at radius 3 is 2.75 bits per heavy atom. The lowest BCUT2D eigenvalue weighted by atomic mass is 10.1. The third-order valence-electron chi connectivity index (χ3n) is 3.48. The number of nitrogens with zero attached hydrogens (tertiary/aromatic N) is 4. The zero-order valence-electron chi connectivity index (χ0n) is 11.3. The highest BCUT2D eigenvalue weighted by Crippen LogP contribution is 2.30. The number of aromatic nitrogens is 4. The molecule has 0 aliphatic carbocycles. The number of nitrogen functional groups attached to an aromatic ring is 1. The van der Waals surface area contributed by atoms with Crippen molar-refractivity contribution in [1.82, 2.24) is 19.5 Å². The van der Waals surface area contributed by atoms with Crippen molar-refractivity contribution >= 4 is 44.1 Å². The molecule has 0 saturated carbocycles. The lowest BCUT2D eigenvalue weighted by Crippen LogP contribution is -2.30. The van der Waals surface area contributed by atoms with E-state index in [1.54, 1.807) is 20.3 Å². The topological polar surface area (TPSA) is 119 Å². The van der Waals surface area contributed by atoms with Gasteiger partial charge in [-0.25, -0.2) is 15.0 Å². The van der Waals surface area contributed by atoms with Crippen LogP contribution in [0.1, 0.15) is 12.6 Å². The van der Waals surface area contributed by atoms with Gasteiger partial charge >= 0.3 is 0 Å². The number of nitrogens with two attached hydrogens (primary N) is 1. The van der Waals surface area contributed by atoms with E-state index in [1.807, 2.05) is 0 Å². The fourth-order valence-corrected chi connectivity index (χ4v) is 2.60. The van der Waals surface area contributed by atoms with E-state index in [0.29, 0.717) is 34.9 Å². The second kappa shape index (κ2) is 4.72. The van der Waals surface area contributed by atoms with Gasteiger partial charge in [0.2, 0.25) is 0 Å². The van der Waals surface area contributed by atoms with E-state index in [4.69, 9.17) is 15.6 Å². The molecule has 2 aromatic rings. The van der Waals surface area contributed by atoms with Crippen molar-refractivity contribution < 1.29 is 14.9 Å². The van der Waals surface area contributed by atoms with Crippen LogP contribution in [0.4, 0.5) is 5.82 Å². The summed E-state index contributed by atoms with van der Waals surface area (Å²) in [6.45, 7) is -0.130. The summed E-state index contributed by atoms with van der Waals surface area (Å²) in [7, 11) is 3.53. The molecule has 0 unspecified atom stereocenters. The number of rotatable bonds is 2. The van der Waals surface area contributed by atoms with Crippen molar-refractivity contribution in [2.75, 3.05) is 12.3 Å². The van der Waals surface area contributed by atoms with Crippen LogP contribution in [-0.4, -0.2) is 64.2 Å². The van der Waals surface area contributed by atoms with Crippen LogP contribution in [0.3, 0.4) is 0 Å². The molecular weight excluding hydrogens is 260 g/mol. The molecule has 0 spiro atoms. The van der Waals surface area contributed by atoms with Crippen LogP contribution < -0.4 is 17.2 Å². The molecule has 2 aromatic heterocycles. The van der Waals surface area contributed by atoms with Crippen LogP contribution in [0, 0.1) is 0 Å². The number of anilines is 1. The summed E-state index contributed by atoms with van der Waals surface area (Å²) < 4.78 is 7.37.